The molecule has 2 heterocycles. The number of rotatable bonds is 8. The lowest BCUT2D eigenvalue weighted by Crippen LogP contribution is -2.19. The second kappa shape index (κ2) is 10.4. The summed E-state index contributed by atoms with van der Waals surface area (Å²) in [5.41, 5.74) is -1.48. The third-order valence-electron chi connectivity index (χ3n) is 4.83. The normalized spacial score (nSPS) is 12.1. The fourth-order valence-corrected chi connectivity index (χ4v) is 7.41. The highest BCUT2D eigenvalue weighted by Crippen LogP contribution is 2.50. The number of nitrogens with zero attached hydrogens (tertiary/aromatic N) is 2. The minimum absolute atomic E-state index is 0.0976. The molecule has 0 saturated carbocycles. The van der Waals surface area contributed by atoms with Gasteiger partial charge < -0.3 is 0 Å². The molecule has 4 rings (SSSR count). The second-order valence-corrected chi connectivity index (χ2v) is 12.1. The van der Waals surface area contributed by atoms with Gasteiger partial charge in [0.15, 0.2) is 0 Å². The number of nitriles is 2. The lowest BCUT2D eigenvalue weighted by molar-refractivity contribution is -0.220. The molecule has 0 bridgehead atoms. The smallest absolute Gasteiger partial charge is 0.198 e. The molecule has 14 heteroatoms. The van der Waals surface area contributed by atoms with Crippen LogP contribution < -0.4 is 0 Å². The maximum atomic E-state index is 14.8. The van der Waals surface area contributed by atoms with Crippen molar-refractivity contribution in [3.8, 4) is 12.1 Å². The highest BCUT2D eigenvalue weighted by atomic mass is 79.9. The van der Waals surface area contributed by atoms with Gasteiger partial charge in [0, 0.05) is 32.7 Å². The van der Waals surface area contributed by atoms with Gasteiger partial charge in [0.05, 0.1) is 36.1 Å². The van der Waals surface area contributed by atoms with Crippen molar-refractivity contribution in [3.05, 3.63) is 66.2 Å². The fourth-order valence-electron chi connectivity index (χ4n) is 3.31. The summed E-state index contributed by atoms with van der Waals surface area (Å²) >= 11 is 8.50. The lowest BCUT2D eigenvalue weighted by Gasteiger charge is -2.14. The minimum atomic E-state index is -4.24. The molecule has 5 nitrogen and oxygen atoms in total. The zero-order valence-corrected chi connectivity index (χ0v) is 23.2. The summed E-state index contributed by atoms with van der Waals surface area (Å²) < 4.78 is 81.0. The van der Waals surface area contributed by atoms with Crippen molar-refractivity contribution in [3.63, 3.8) is 0 Å². The summed E-state index contributed by atoms with van der Waals surface area (Å²) in [5, 5.41) is 18.4. The quantitative estimate of drug-likeness (QED) is 0.137. The molecule has 4 aromatic rings. The van der Waals surface area contributed by atoms with Gasteiger partial charge in [-0.05, 0) is 56.2 Å². The van der Waals surface area contributed by atoms with E-state index in [2.05, 4.69) is 40.9 Å². The predicted octanol–water partition coefficient (Wildman–Crippen LogP) is 9.26. The van der Waals surface area contributed by atoms with Crippen molar-refractivity contribution in [2.24, 2.45) is 0 Å². The SMILES string of the molecule is N#CCc1cc2cc(C(F)(F)O[P+](=O)OC(F)(F)c3cc4cc(CC#N)sc4cc3Br)c(Br)cc2s1. The summed E-state index contributed by atoms with van der Waals surface area (Å²) in [6.45, 7) is 0. The van der Waals surface area contributed by atoms with E-state index < -0.39 is 31.6 Å². The molecule has 0 spiro atoms. The largest absolute Gasteiger partial charge is 0.710 e. The predicted molar refractivity (Wildman–Crippen MR) is 135 cm³/mol. The first-order chi connectivity index (χ1) is 16.9. The molecule has 0 aliphatic heterocycles. The third kappa shape index (κ3) is 5.63. The number of fused-ring (bicyclic) bond motifs is 2. The number of halogens is 6. The number of benzene rings is 2. The third-order valence-corrected chi connectivity index (χ3v) is 9.09. The first-order valence-electron chi connectivity index (χ1n) is 9.73. The monoisotopic (exact) mass is 679 g/mol. The maximum Gasteiger partial charge on any atom is 0.710 e. The number of thiophene rings is 2. The molecule has 0 aliphatic carbocycles. The van der Waals surface area contributed by atoms with Crippen molar-refractivity contribution in [1.82, 2.24) is 0 Å². The van der Waals surface area contributed by atoms with E-state index in [1.54, 1.807) is 12.1 Å². The van der Waals surface area contributed by atoms with Crippen LogP contribution in [0.5, 0.6) is 0 Å². The van der Waals surface area contributed by atoms with E-state index in [0.29, 0.717) is 29.9 Å². The Hall–Kier alpha value is -1.96. The zero-order valence-electron chi connectivity index (χ0n) is 17.5. The Morgan fingerprint density at radius 3 is 1.53 bits per heavy atom. The van der Waals surface area contributed by atoms with Crippen LogP contribution in [0.15, 0.2) is 45.3 Å². The molecule has 184 valence electrons. The summed E-state index contributed by atoms with van der Waals surface area (Å²) in [5.74, 6) is 0. The molecular weight excluding hydrogens is 671 g/mol. The van der Waals surface area contributed by atoms with Crippen molar-refractivity contribution >= 4 is 83.0 Å². The zero-order chi connectivity index (χ0) is 26.3. The maximum absolute atomic E-state index is 14.8. The highest BCUT2D eigenvalue weighted by molar-refractivity contribution is 9.10. The summed E-state index contributed by atoms with van der Waals surface area (Å²) in [4.78, 5) is 1.31. The summed E-state index contributed by atoms with van der Waals surface area (Å²) in [7, 11) is -3.99. The number of hydrogen-bond acceptors (Lipinski definition) is 7. The molecule has 36 heavy (non-hydrogen) atoms. The van der Waals surface area contributed by atoms with Gasteiger partial charge >= 0.3 is 20.5 Å². The average Bonchev–Trinajstić information content (AvgIpc) is 3.34. The van der Waals surface area contributed by atoms with Crippen molar-refractivity contribution in [2.45, 2.75) is 25.1 Å². The molecule has 0 N–H and O–H groups in total. The molecule has 0 aliphatic rings. The molecule has 2 aromatic heterocycles. The van der Waals surface area contributed by atoms with E-state index >= 15 is 0 Å². The van der Waals surface area contributed by atoms with E-state index in [1.807, 2.05) is 12.1 Å². The molecule has 0 radical (unpaired) electrons. The molecular formula is C22H10Br2F4N2O3PS2+. The van der Waals surface area contributed by atoms with E-state index in [0.717, 1.165) is 12.1 Å². The Kier molecular flexibility index (Phi) is 7.84. The van der Waals surface area contributed by atoms with Crippen LogP contribution in [0.25, 0.3) is 20.2 Å². The topological polar surface area (TPSA) is 83.1 Å². The molecule has 0 amide bonds. The minimum Gasteiger partial charge on any atom is -0.198 e. The summed E-state index contributed by atoms with van der Waals surface area (Å²) in [6, 6.07) is 11.9. The van der Waals surface area contributed by atoms with Gasteiger partial charge in [0.25, 0.3) is 0 Å². The standard InChI is InChI=1S/C22H10Br2F4N2O3PS2/c23-17-9-19-11(5-13(35-19)1-3-29)7-15(17)21(25,26)32-34(31)33-22(27,28)16-8-12-6-14(2-4-30)36-20(12)10-18(16)24/h5-10H,1-2H2/q+1. The van der Waals surface area contributed by atoms with Crippen LogP contribution in [-0.4, -0.2) is 0 Å². The molecule has 2 aromatic carbocycles. The first kappa shape index (κ1) is 27.1. The van der Waals surface area contributed by atoms with Crippen LogP contribution in [0.1, 0.15) is 20.9 Å². The second-order valence-electron chi connectivity index (χ2n) is 7.27. The van der Waals surface area contributed by atoms with E-state index in [9.17, 15) is 22.1 Å². The molecule has 0 fully saturated rings. The molecule has 0 atom stereocenters. The molecule has 0 saturated heterocycles. The van der Waals surface area contributed by atoms with Crippen LogP contribution >= 0.6 is 62.8 Å². The van der Waals surface area contributed by atoms with Crippen LogP contribution in [0.3, 0.4) is 0 Å². The Balaban J connectivity index is 1.57. The van der Waals surface area contributed by atoms with Crippen molar-refractivity contribution in [1.29, 1.82) is 10.5 Å². The van der Waals surface area contributed by atoms with Crippen molar-refractivity contribution < 1.29 is 31.2 Å². The van der Waals surface area contributed by atoms with Gasteiger partial charge in [-0.15, -0.1) is 22.7 Å². The van der Waals surface area contributed by atoms with Crippen LogP contribution in [0, 0.1) is 22.7 Å². The van der Waals surface area contributed by atoms with E-state index in [-0.39, 0.29) is 21.8 Å². The fraction of sp³-hybridized carbons (Fsp3) is 0.182. The first-order valence-corrected chi connectivity index (χ1v) is 14.0. The van der Waals surface area contributed by atoms with Gasteiger partial charge in [-0.25, -0.2) is 0 Å². The van der Waals surface area contributed by atoms with Crippen LogP contribution in [0.4, 0.5) is 17.6 Å². The van der Waals surface area contributed by atoms with Crippen LogP contribution in [0.2, 0.25) is 0 Å². The van der Waals surface area contributed by atoms with Gasteiger partial charge in [-0.3, -0.25) is 0 Å². The van der Waals surface area contributed by atoms with E-state index in [1.165, 1.54) is 34.8 Å². The van der Waals surface area contributed by atoms with Gasteiger partial charge in [0.2, 0.25) is 0 Å². The Morgan fingerprint density at radius 2 is 1.17 bits per heavy atom. The Bertz CT molecular complexity index is 1480. The van der Waals surface area contributed by atoms with Gasteiger partial charge in [0.1, 0.15) is 0 Å². The van der Waals surface area contributed by atoms with E-state index in [4.69, 9.17) is 10.5 Å². The van der Waals surface area contributed by atoms with Crippen molar-refractivity contribution in [2.75, 3.05) is 0 Å². The number of hydrogen-bond donors (Lipinski definition) is 0. The molecule has 0 unspecified atom stereocenters. The van der Waals surface area contributed by atoms with Crippen LogP contribution in [-0.2, 0) is 38.7 Å². The Morgan fingerprint density at radius 1 is 0.778 bits per heavy atom. The lowest BCUT2D eigenvalue weighted by atomic mass is 10.1. The van der Waals surface area contributed by atoms with Gasteiger partial charge in [-0.2, -0.15) is 28.1 Å². The Labute approximate surface area is 227 Å². The summed E-state index contributed by atoms with van der Waals surface area (Å²) in [6.07, 6.45) is -8.29. The number of alkyl halides is 4. The average molecular weight is 681 g/mol. The van der Waals surface area contributed by atoms with Gasteiger partial charge in [-0.1, -0.05) is 31.9 Å². The highest BCUT2D eigenvalue weighted by Gasteiger charge is 2.53.